The van der Waals surface area contributed by atoms with Gasteiger partial charge in [-0.2, -0.15) is 26.3 Å². The largest absolute Gasteiger partial charge is 0.402 e. The van der Waals surface area contributed by atoms with Gasteiger partial charge in [-0.3, -0.25) is 4.79 Å². The lowest BCUT2D eigenvalue weighted by molar-refractivity contribution is -0.215. The molecule has 8 heteroatoms. The molecule has 2 nitrogen and oxygen atoms in total. The number of halogens is 6. The van der Waals surface area contributed by atoms with Crippen LogP contribution in [-0.4, -0.2) is 31.2 Å². The lowest BCUT2D eigenvalue weighted by atomic mass is 9.79. The van der Waals surface area contributed by atoms with Crippen molar-refractivity contribution in [2.45, 2.75) is 38.0 Å². The van der Waals surface area contributed by atoms with Crippen LogP contribution in [0.2, 0.25) is 0 Å². The lowest BCUT2D eigenvalue weighted by Gasteiger charge is -2.29. The maximum Gasteiger partial charge on any atom is 0.402 e. The Bertz CT molecular complexity index is 302. The van der Waals surface area contributed by atoms with Crippen molar-refractivity contribution in [2.75, 3.05) is 13.1 Å². The third kappa shape index (κ3) is 3.37. The number of nitrogens with one attached hydrogen (secondary N) is 1. The second-order valence-corrected chi connectivity index (χ2v) is 4.40. The summed E-state index contributed by atoms with van der Waals surface area (Å²) >= 11 is 0. The van der Waals surface area contributed by atoms with E-state index in [-0.39, 0.29) is 6.54 Å². The van der Waals surface area contributed by atoms with Crippen molar-refractivity contribution in [2.24, 2.45) is 5.41 Å². The quantitative estimate of drug-likeness (QED) is 0.801. The maximum absolute atomic E-state index is 12.8. The van der Waals surface area contributed by atoms with E-state index in [9.17, 15) is 31.1 Å². The van der Waals surface area contributed by atoms with E-state index in [1.807, 2.05) is 0 Å². The van der Waals surface area contributed by atoms with Gasteiger partial charge in [0.05, 0.1) is 0 Å². The average molecular weight is 277 g/mol. The molecular formula is C10H13F6NO. The molecule has 1 rings (SSSR count). The molecule has 1 N–H and O–H groups in total. The van der Waals surface area contributed by atoms with Crippen molar-refractivity contribution < 1.29 is 31.1 Å². The molecule has 1 heterocycles. The van der Waals surface area contributed by atoms with Crippen LogP contribution in [-0.2, 0) is 4.79 Å². The van der Waals surface area contributed by atoms with Crippen molar-refractivity contribution in [3.8, 4) is 0 Å². The second-order valence-electron chi connectivity index (χ2n) is 4.40. The van der Waals surface area contributed by atoms with E-state index in [4.69, 9.17) is 0 Å². The normalized spacial score (nSPS) is 25.4. The van der Waals surface area contributed by atoms with Gasteiger partial charge >= 0.3 is 12.4 Å². The number of rotatable bonds is 4. The molecule has 0 saturated carbocycles. The van der Waals surface area contributed by atoms with Crippen LogP contribution in [0.4, 0.5) is 26.3 Å². The molecule has 1 aliphatic rings. The highest BCUT2D eigenvalue weighted by molar-refractivity contribution is 5.86. The van der Waals surface area contributed by atoms with Gasteiger partial charge in [-0.1, -0.05) is 0 Å². The molecule has 0 aromatic rings. The minimum Gasteiger partial charge on any atom is -0.315 e. The zero-order valence-corrected chi connectivity index (χ0v) is 9.42. The van der Waals surface area contributed by atoms with E-state index < -0.39 is 55.8 Å². The zero-order chi connectivity index (χ0) is 14.0. The van der Waals surface area contributed by atoms with Gasteiger partial charge in [0.2, 0.25) is 0 Å². The van der Waals surface area contributed by atoms with Gasteiger partial charge in [0, 0.05) is 19.4 Å². The van der Waals surface area contributed by atoms with E-state index in [0.29, 0.717) is 0 Å². The number of hydrogen-bond donors (Lipinski definition) is 1. The Kier molecular flexibility index (Phi) is 4.30. The first-order chi connectivity index (χ1) is 8.08. The summed E-state index contributed by atoms with van der Waals surface area (Å²) in [7, 11) is 0. The van der Waals surface area contributed by atoms with Gasteiger partial charge < -0.3 is 5.32 Å². The number of carbonyl (C=O) groups is 1. The van der Waals surface area contributed by atoms with E-state index >= 15 is 0 Å². The van der Waals surface area contributed by atoms with Crippen LogP contribution in [0.25, 0.3) is 0 Å². The van der Waals surface area contributed by atoms with Crippen LogP contribution in [0, 0.1) is 5.41 Å². The van der Waals surface area contributed by atoms with Crippen LogP contribution in [0.15, 0.2) is 0 Å². The van der Waals surface area contributed by atoms with Crippen molar-refractivity contribution in [1.82, 2.24) is 5.32 Å². The zero-order valence-electron chi connectivity index (χ0n) is 9.42. The molecule has 1 unspecified atom stereocenters. The topological polar surface area (TPSA) is 29.1 Å². The summed E-state index contributed by atoms with van der Waals surface area (Å²) in [6.07, 6.45) is -12.1. The van der Waals surface area contributed by atoms with Crippen LogP contribution in [0.5, 0.6) is 0 Å². The molecule has 0 aromatic heterocycles. The van der Waals surface area contributed by atoms with Gasteiger partial charge in [0.25, 0.3) is 0 Å². The summed E-state index contributed by atoms with van der Waals surface area (Å²) in [6.45, 7) is -0.494. The Labute approximate surface area is 99.7 Å². The molecule has 18 heavy (non-hydrogen) atoms. The van der Waals surface area contributed by atoms with Crippen molar-refractivity contribution >= 4 is 5.78 Å². The third-order valence-corrected chi connectivity index (χ3v) is 3.10. The summed E-state index contributed by atoms with van der Waals surface area (Å²) in [6, 6.07) is 0. The van der Waals surface area contributed by atoms with Crippen LogP contribution in [0.3, 0.4) is 0 Å². The monoisotopic (exact) mass is 277 g/mol. The Morgan fingerprint density at radius 2 is 1.78 bits per heavy atom. The van der Waals surface area contributed by atoms with Gasteiger partial charge in [0.15, 0.2) is 0 Å². The summed E-state index contributed by atoms with van der Waals surface area (Å²) in [5, 5.41) is 2.44. The highest BCUT2D eigenvalue weighted by Gasteiger charge is 2.60. The molecule has 1 saturated heterocycles. The molecule has 0 spiro atoms. The standard InChI is InChI=1S/C10H13F6NO/c11-9(12,13)3-1-2-7(18)8(10(14,15)16)4-5-17-6-8/h17H,1-6H2. The lowest BCUT2D eigenvalue weighted by Crippen LogP contribution is -2.46. The molecule has 0 amide bonds. The first-order valence-electron chi connectivity index (χ1n) is 5.46. The van der Waals surface area contributed by atoms with Crippen LogP contribution in [0.1, 0.15) is 25.7 Å². The van der Waals surface area contributed by atoms with E-state index in [1.54, 1.807) is 0 Å². The molecular weight excluding hydrogens is 264 g/mol. The minimum absolute atomic E-state index is 0.0462. The van der Waals surface area contributed by atoms with Crippen molar-refractivity contribution in [1.29, 1.82) is 0 Å². The van der Waals surface area contributed by atoms with Gasteiger partial charge in [-0.15, -0.1) is 0 Å². The molecule has 1 fully saturated rings. The number of Topliss-reactive ketones (excluding diaryl/α,β-unsaturated/α-hetero) is 1. The summed E-state index contributed by atoms with van der Waals surface area (Å²) < 4.78 is 74.1. The fourth-order valence-electron chi connectivity index (χ4n) is 2.02. The molecule has 0 bridgehead atoms. The van der Waals surface area contributed by atoms with Crippen molar-refractivity contribution in [3.05, 3.63) is 0 Å². The second kappa shape index (κ2) is 5.07. The average Bonchev–Trinajstić information content (AvgIpc) is 2.63. The van der Waals surface area contributed by atoms with E-state index in [0.717, 1.165) is 0 Å². The first-order valence-corrected chi connectivity index (χ1v) is 5.46. The van der Waals surface area contributed by atoms with Crippen molar-refractivity contribution in [3.63, 3.8) is 0 Å². The summed E-state index contributed by atoms with van der Waals surface area (Å²) in [5.41, 5.74) is -2.50. The Morgan fingerprint density at radius 1 is 1.17 bits per heavy atom. The molecule has 1 aliphatic heterocycles. The first kappa shape index (κ1) is 15.3. The van der Waals surface area contributed by atoms with Crippen LogP contribution < -0.4 is 5.32 Å². The third-order valence-electron chi connectivity index (χ3n) is 3.10. The maximum atomic E-state index is 12.8. The van der Waals surface area contributed by atoms with Gasteiger partial charge in [-0.25, -0.2) is 0 Å². The number of carbonyl (C=O) groups excluding carboxylic acids is 1. The van der Waals surface area contributed by atoms with Crippen LogP contribution >= 0.6 is 0 Å². The Morgan fingerprint density at radius 3 is 2.17 bits per heavy atom. The highest BCUT2D eigenvalue weighted by atomic mass is 19.4. The SMILES string of the molecule is O=C(CCCC(F)(F)F)C1(C(F)(F)F)CCNC1. The van der Waals surface area contributed by atoms with Gasteiger partial charge in [-0.05, 0) is 19.4 Å². The fraction of sp³-hybridized carbons (Fsp3) is 0.900. The van der Waals surface area contributed by atoms with Gasteiger partial charge in [0.1, 0.15) is 11.2 Å². The Balaban J connectivity index is 2.63. The Hall–Kier alpha value is -0.790. The van der Waals surface area contributed by atoms with E-state index in [2.05, 4.69) is 5.32 Å². The predicted octanol–water partition coefficient (Wildman–Crippen LogP) is 2.83. The molecule has 1 atom stereocenters. The molecule has 0 aliphatic carbocycles. The minimum atomic E-state index is -4.72. The molecule has 0 radical (unpaired) electrons. The predicted molar refractivity (Wildman–Crippen MR) is 50.9 cm³/mol. The smallest absolute Gasteiger partial charge is 0.315 e. The summed E-state index contributed by atoms with van der Waals surface area (Å²) in [5.74, 6) is -1.15. The molecule has 0 aromatic carbocycles. The number of alkyl halides is 6. The highest BCUT2D eigenvalue weighted by Crippen LogP contribution is 2.44. The number of ketones is 1. The fourth-order valence-corrected chi connectivity index (χ4v) is 2.02. The number of hydrogen-bond acceptors (Lipinski definition) is 2. The molecule has 106 valence electrons. The van der Waals surface area contributed by atoms with E-state index in [1.165, 1.54) is 0 Å². The summed E-state index contributed by atoms with van der Waals surface area (Å²) in [4.78, 5) is 11.6.